The van der Waals surface area contributed by atoms with Crippen LogP contribution in [0.1, 0.15) is 0 Å². The number of quaternary nitrogens is 1. The topological polar surface area (TPSA) is 46.0 Å². The Morgan fingerprint density at radius 3 is 2.72 bits per heavy atom. The largest absolute Gasteiger partial charge is 0.484 e. The van der Waals surface area contributed by atoms with Crippen LogP contribution in [-0.2, 0) is 4.79 Å². The lowest BCUT2D eigenvalue weighted by Gasteiger charge is -2.33. The molecule has 2 N–H and O–H groups in total. The van der Waals surface area contributed by atoms with Crippen molar-refractivity contribution in [2.45, 2.75) is 0 Å². The van der Waals surface area contributed by atoms with Gasteiger partial charge in [0.2, 0.25) is 0 Å². The van der Waals surface area contributed by atoms with Gasteiger partial charge >= 0.3 is 0 Å². The van der Waals surface area contributed by atoms with Crippen molar-refractivity contribution in [3.63, 3.8) is 0 Å². The van der Waals surface area contributed by atoms with E-state index in [1.54, 1.807) is 4.90 Å². The van der Waals surface area contributed by atoms with Crippen LogP contribution < -0.4 is 19.9 Å². The molecule has 0 aromatic heterocycles. The first kappa shape index (κ1) is 17.8. The summed E-state index contributed by atoms with van der Waals surface area (Å²) in [6, 6.07) is 15.4. The minimum absolute atomic E-state index is 0.0162. The minimum Gasteiger partial charge on any atom is -0.484 e. The number of halogens is 1. The summed E-state index contributed by atoms with van der Waals surface area (Å²) in [5.41, 5.74) is 1.91. The predicted octanol–water partition coefficient (Wildman–Crippen LogP) is 1.80. The first-order valence-electron chi connectivity index (χ1n) is 8.45. The number of benzene rings is 2. The fourth-order valence-electron chi connectivity index (χ4n) is 2.88. The van der Waals surface area contributed by atoms with Gasteiger partial charge in [-0.25, -0.2) is 0 Å². The van der Waals surface area contributed by atoms with Crippen LogP contribution in [0.25, 0.3) is 0 Å². The van der Waals surface area contributed by atoms with Gasteiger partial charge in [-0.3, -0.25) is 4.79 Å². The molecule has 0 aliphatic carbocycles. The number of amides is 1. The van der Waals surface area contributed by atoms with Crippen molar-refractivity contribution in [2.75, 3.05) is 50.1 Å². The van der Waals surface area contributed by atoms with Crippen LogP contribution in [0.5, 0.6) is 5.75 Å². The predicted molar refractivity (Wildman–Crippen MR) is 104 cm³/mol. The molecule has 1 fully saturated rings. The zero-order chi connectivity index (χ0) is 17.6. The second-order valence-electron chi connectivity index (χ2n) is 6.26. The van der Waals surface area contributed by atoms with Crippen LogP contribution in [0.15, 0.2) is 53.0 Å². The zero-order valence-corrected chi connectivity index (χ0v) is 15.9. The van der Waals surface area contributed by atoms with Crippen LogP contribution in [0.3, 0.4) is 0 Å². The maximum atomic E-state index is 12.3. The van der Waals surface area contributed by atoms with Crippen molar-refractivity contribution < 1.29 is 14.4 Å². The van der Waals surface area contributed by atoms with Crippen LogP contribution in [0.2, 0.25) is 0 Å². The Kier molecular flexibility index (Phi) is 5.94. The molecular formula is C19H23BrN3O2+. The maximum Gasteiger partial charge on any atom is 0.262 e. The number of piperazine rings is 1. The van der Waals surface area contributed by atoms with Gasteiger partial charge in [0.15, 0.2) is 6.61 Å². The van der Waals surface area contributed by atoms with Gasteiger partial charge in [0, 0.05) is 4.47 Å². The molecule has 3 rings (SSSR count). The van der Waals surface area contributed by atoms with Crippen molar-refractivity contribution in [3.8, 4) is 5.75 Å². The summed E-state index contributed by atoms with van der Waals surface area (Å²) in [5, 5.41) is 2.98. The Morgan fingerprint density at radius 1 is 1.20 bits per heavy atom. The number of hydrogen-bond acceptors (Lipinski definition) is 3. The molecule has 1 heterocycles. The second-order valence-corrected chi connectivity index (χ2v) is 7.17. The molecule has 2 aromatic rings. The molecule has 1 amide bonds. The van der Waals surface area contributed by atoms with Gasteiger partial charge in [-0.15, -0.1) is 0 Å². The quantitative estimate of drug-likeness (QED) is 0.798. The minimum atomic E-state index is -0.160. The van der Waals surface area contributed by atoms with Crippen molar-refractivity contribution in [2.24, 2.45) is 0 Å². The highest BCUT2D eigenvalue weighted by Gasteiger charge is 2.19. The number of anilines is 2. The molecule has 25 heavy (non-hydrogen) atoms. The highest BCUT2D eigenvalue weighted by molar-refractivity contribution is 9.10. The fourth-order valence-corrected chi connectivity index (χ4v) is 3.25. The summed E-state index contributed by atoms with van der Waals surface area (Å²) in [5.74, 6) is 0.507. The smallest absolute Gasteiger partial charge is 0.262 e. The standard InChI is InChI=1S/C19H22BrN3O2/c1-22-9-11-23(12-10-22)18-8-3-2-7-17(18)21-19(24)14-25-16-6-4-5-15(20)13-16/h2-8,13H,9-12,14H2,1H3,(H,21,24)/p+1. The number of hydrogen-bond donors (Lipinski definition) is 2. The van der Waals surface area contributed by atoms with Gasteiger partial charge in [-0.1, -0.05) is 34.1 Å². The van der Waals surface area contributed by atoms with E-state index >= 15 is 0 Å². The second kappa shape index (κ2) is 8.36. The Morgan fingerprint density at radius 2 is 1.96 bits per heavy atom. The SMILES string of the molecule is C[NH+]1CCN(c2ccccc2NC(=O)COc2cccc(Br)c2)CC1. The van der Waals surface area contributed by atoms with E-state index in [9.17, 15) is 4.79 Å². The van der Waals surface area contributed by atoms with Crippen molar-refractivity contribution >= 4 is 33.2 Å². The molecule has 132 valence electrons. The van der Waals surface area contributed by atoms with E-state index in [0.29, 0.717) is 5.75 Å². The summed E-state index contributed by atoms with van der Waals surface area (Å²) >= 11 is 3.39. The number of nitrogens with zero attached hydrogens (tertiary/aromatic N) is 1. The molecule has 1 saturated heterocycles. The van der Waals surface area contributed by atoms with Gasteiger partial charge in [-0.05, 0) is 30.3 Å². The monoisotopic (exact) mass is 404 g/mol. The number of carbonyl (C=O) groups excluding carboxylic acids is 1. The number of ether oxygens (including phenoxy) is 1. The van der Waals surface area contributed by atoms with Crippen LogP contribution in [0, 0.1) is 0 Å². The molecule has 0 atom stereocenters. The van der Waals surface area contributed by atoms with E-state index in [-0.39, 0.29) is 12.5 Å². The Bertz CT molecular complexity index is 730. The van der Waals surface area contributed by atoms with E-state index in [1.165, 1.54) is 0 Å². The third-order valence-corrected chi connectivity index (χ3v) is 4.80. The molecule has 0 bridgehead atoms. The van der Waals surface area contributed by atoms with E-state index in [4.69, 9.17) is 4.74 Å². The lowest BCUT2D eigenvalue weighted by atomic mass is 10.2. The summed E-state index contributed by atoms with van der Waals surface area (Å²) in [4.78, 5) is 16.2. The van der Waals surface area contributed by atoms with Gasteiger partial charge in [-0.2, -0.15) is 0 Å². The first-order valence-corrected chi connectivity index (χ1v) is 9.24. The van der Waals surface area contributed by atoms with Crippen LogP contribution in [-0.4, -0.2) is 45.7 Å². The molecule has 0 spiro atoms. The van der Waals surface area contributed by atoms with E-state index in [1.807, 2.05) is 42.5 Å². The lowest BCUT2D eigenvalue weighted by Crippen LogP contribution is -3.12. The molecule has 0 radical (unpaired) electrons. The number of likely N-dealkylation sites (N-methyl/N-ethyl adjacent to an activating group) is 1. The van der Waals surface area contributed by atoms with Gasteiger partial charge < -0.3 is 19.9 Å². The van der Waals surface area contributed by atoms with Crippen LogP contribution >= 0.6 is 15.9 Å². The highest BCUT2D eigenvalue weighted by atomic mass is 79.9. The lowest BCUT2D eigenvalue weighted by molar-refractivity contribution is -0.880. The zero-order valence-electron chi connectivity index (χ0n) is 14.3. The van der Waals surface area contributed by atoms with Gasteiger partial charge in [0.05, 0.1) is 44.6 Å². The normalized spacial score (nSPS) is 15.0. The molecule has 6 heteroatoms. The van der Waals surface area contributed by atoms with E-state index in [0.717, 1.165) is 42.0 Å². The van der Waals surface area contributed by atoms with Crippen molar-refractivity contribution in [1.82, 2.24) is 0 Å². The number of para-hydroxylation sites is 2. The molecule has 2 aromatic carbocycles. The van der Waals surface area contributed by atoms with Crippen LogP contribution in [0.4, 0.5) is 11.4 Å². The Balaban J connectivity index is 1.61. The first-order chi connectivity index (χ1) is 12.1. The Hall–Kier alpha value is -2.05. The molecule has 0 saturated carbocycles. The summed E-state index contributed by atoms with van der Waals surface area (Å²) in [7, 11) is 2.21. The number of nitrogens with one attached hydrogen (secondary N) is 2. The summed E-state index contributed by atoms with van der Waals surface area (Å²) < 4.78 is 6.49. The number of rotatable bonds is 5. The van der Waals surface area contributed by atoms with E-state index < -0.39 is 0 Å². The van der Waals surface area contributed by atoms with Crippen molar-refractivity contribution in [3.05, 3.63) is 53.0 Å². The molecule has 1 aliphatic rings. The summed E-state index contributed by atoms with van der Waals surface area (Å²) in [6.07, 6.45) is 0. The van der Waals surface area contributed by atoms with Crippen molar-refractivity contribution in [1.29, 1.82) is 0 Å². The van der Waals surface area contributed by atoms with Gasteiger partial charge in [0.25, 0.3) is 5.91 Å². The third kappa shape index (κ3) is 4.96. The fraction of sp³-hybridized carbons (Fsp3) is 0.316. The molecule has 1 aliphatic heterocycles. The molecule has 0 unspecified atom stereocenters. The molecule has 5 nitrogen and oxygen atoms in total. The third-order valence-electron chi connectivity index (χ3n) is 4.30. The average molecular weight is 405 g/mol. The summed E-state index contributed by atoms with van der Waals surface area (Å²) in [6.45, 7) is 4.18. The highest BCUT2D eigenvalue weighted by Crippen LogP contribution is 2.25. The maximum absolute atomic E-state index is 12.3. The van der Waals surface area contributed by atoms with Gasteiger partial charge in [0.1, 0.15) is 5.75 Å². The molecular weight excluding hydrogens is 382 g/mol. The van der Waals surface area contributed by atoms with E-state index in [2.05, 4.69) is 39.3 Å². The average Bonchev–Trinajstić information content (AvgIpc) is 2.61. The number of carbonyl (C=O) groups is 1. The Labute approximate surface area is 156 Å².